The van der Waals surface area contributed by atoms with Crippen molar-refractivity contribution in [2.75, 3.05) is 22.9 Å². The van der Waals surface area contributed by atoms with Gasteiger partial charge in [-0.05, 0) is 49.4 Å². The lowest BCUT2D eigenvalue weighted by molar-refractivity contribution is 0.606. The highest BCUT2D eigenvalue weighted by atomic mass is 15.1. The number of benzene rings is 1. The number of anilines is 4. The van der Waals surface area contributed by atoms with Gasteiger partial charge < -0.3 is 16.4 Å². The molecule has 0 aliphatic heterocycles. The van der Waals surface area contributed by atoms with Crippen LogP contribution in [0.1, 0.15) is 31.4 Å². The SMILES string of the molecule is Cc1cc(C)cc(Nc2ncnc(NCCC(C)C)c2N)c1. The van der Waals surface area contributed by atoms with Crippen molar-refractivity contribution in [3.63, 3.8) is 0 Å². The van der Waals surface area contributed by atoms with Crippen molar-refractivity contribution in [3.05, 3.63) is 35.7 Å². The largest absolute Gasteiger partial charge is 0.393 e. The summed E-state index contributed by atoms with van der Waals surface area (Å²) in [6, 6.07) is 6.27. The molecule has 5 nitrogen and oxygen atoms in total. The van der Waals surface area contributed by atoms with Gasteiger partial charge in [-0.15, -0.1) is 0 Å². The highest BCUT2D eigenvalue weighted by molar-refractivity contribution is 5.77. The van der Waals surface area contributed by atoms with E-state index in [4.69, 9.17) is 5.73 Å². The summed E-state index contributed by atoms with van der Waals surface area (Å²) in [5.74, 6) is 1.96. The van der Waals surface area contributed by atoms with Crippen LogP contribution in [0.25, 0.3) is 0 Å². The zero-order valence-corrected chi connectivity index (χ0v) is 13.8. The molecule has 4 N–H and O–H groups in total. The third-order valence-electron chi connectivity index (χ3n) is 3.38. The summed E-state index contributed by atoms with van der Waals surface area (Å²) in [5.41, 5.74) is 10.1. The predicted octanol–water partition coefficient (Wildman–Crippen LogP) is 3.88. The fourth-order valence-corrected chi connectivity index (χ4v) is 2.30. The molecule has 0 unspecified atom stereocenters. The second-order valence-electron chi connectivity index (χ2n) is 6.10. The minimum absolute atomic E-state index is 0.547. The summed E-state index contributed by atoms with van der Waals surface area (Å²) in [4.78, 5) is 8.47. The van der Waals surface area contributed by atoms with Crippen LogP contribution in [0.4, 0.5) is 23.0 Å². The first-order chi connectivity index (χ1) is 10.5. The Morgan fingerprint density at radius 1 is 1.05 bits per heavy atom. The Labute approximate surface area is 132 Å². The molecular weight excluding hydrogens is 274 g/mol. The molecule has 0 amide bonds. The molecule has 1 heterocycles. The van der Waals surface area contributed by atoms with Crippen LogP contribution in [-0.4, -0.2) is 16.5 Å². The Morgan fingerprint density at radius 2 is 1.68 bits per heavy atom. The Morgan fingerprint density at radius 3 is 2.32 bits per heavy atom. The van der Waals surface area contributed by atoms with Crippen molar-refractivity contribution in [1.29, 1.82) is 0 Å². The summed E-state index contributed by atoms with van der Waals surface area (Å²) < 4.78 is 0. The average molecular weight is 299 g/mol. The summed E-state index contributed by atoms with van der Waals surface area (Å²) in [6.45, 7) is 9.37. The molecule has 0 spiro atoms. The first-order valence-corrected chi connectivity index (χ1v) is 7.65. The predicted molar refractivity (Wildman–Crippen MR) is 93.6 cm³/mol. The van der Waals surface area contributed by atoms with Crippen LogP contribution < -0.4 is 16.4 Å². The maximum atomic E-state index is 6.17. The molecule has 0 fully saturated rings. The molecule has 5 heteroatoms. The van der Waals surface area contributed by atoms with Crippen LogP contribution in [-0.2, 0) is 0 Å². The molecule has 0 aliphatic carbocycles. The first-order valence-electron chi connectivity index (χ1n) is 7.65. The van der Waals surface area contributed by atoms with Crippen molar-refractivity contribution in [2.24, 2.45) is 5.92 Å². The van der Waals surface area contributed by atoms with E-state index in [-0.39, 0.29) is 0 Å². The molecule has 118 valence electrons. The zero-order valence-electron chi connectivity index (χ0n) is 13.8. The molecule has 0 saturated heterocycles. The molecule has 0 saturated carbocycles. The molecule has 2 rings (SSSR count). The average Bonchev–Trinajstić information content (AvgIpc) is 2.41. The number of aryl methyl sites for hydroxylation is 2. The van der Waals surface area contributed by atoms with E-state index in [1.54, 1.807) is 0 Å². The number of hydrogen-bond donors (Lipinski definition) is 3. The number of nitrogen functional groups attached to an aromatic ring is 1. The molecule has 0 bridgehead atoms. The van der Waals surface area contributed by atoms with Crippen LogP contribution in [0.5, 0.6) is 0 Å². The lowest BCUT2D eigenvalue weighted by Crippen LogP contribution is -2.10. The Bertz CT molecular complexity index is 617. The number of nitrogens with one attached hydrogen (secondary N) is 2. The van der Waals surface area contributed by atoms with E-state index < -0.39 is 0 Å². The van der Waals surface area contributed by atoms with Crippen molar-refractivity contribution < 1.29 is 0 Å². The fraction of sp³-hybridized carbons (Fsp3) is 0.412. The van der Waals surface area contributed by atoms with Crippen LogP contribution in [0.15, 0.2) is 24.5 Å². The van der Waals surface area contributed by atoms with Gasteiger partial charge in [0.1, 0.15) is 12.0 Å². The topological polar surface area (TPSA) is 75.9 Å². The smallest absolute Gasteiger partial charge is 0.159 e. The van der Waals surface area contributed by atoms with E-state index >= 15 is 0 Å². The third kappa shape index (κ3) is 4.35. The monoisotopic (exact) mass is 299 g/mol. The van der Waals surface area contributed by atoms with E-state index in [0.29, 0.717) is 23.2 Å². The molecule has 0 atom stereocenters. The van der Waals surface area contributed by atoms with Gasteiger partial charge in [0.05, 0.1) is 0 Å². The second kappa shape index (κ2) is 7.11. The molecule has 0 radical (unpaired) electrons. The van der Waals surface area contributed by atoms with Crippen LogP contribution in [0, 0.1) is 19.8 Å². The molecule has 1 aromatic heterocycles. The number of hydrogen-bond acceptors (Lipinski definition) is 5. The van der Waals surface area contributed by atoms with Gasteiger partial charge in [-0.1, -0.05) is 19.9 Å². The first kappa shape index (κ1) is 16.1. The highest BCUT2D eigenvalue weighted by Crippen LogP contribution is 2.26. The van der Waals surface area contributed by atoms with Gasteiger partial charge in [-0.3, -0.25) is 0 Å². The fourth-order valence-electron chi connectivity index (χ4n) is 2.30. The van der Waals surface area contributed by atoms with E-state index in [1.165, 1.54) is 17.5 Å². The van der Waals surface area contributed by atoms with Gasteiger partial charge in [-0.2, -0.15) is 0 Å². The minimum Gasteiger partial charge on any atom is -0.393 e. The second-order valence-corrected chi connectivity index (χ2v) is 6.10. The molecular formula is C17H25N5. The minimum atomic E-state index is 0.547. The van der Waals surface area contributed by atoms with Gasteiger partial charge >= 0.3 is 0 Å². The maximum Gasteiger partial charge on any atom is 0.159 e. The van der Waals surface area contributed by atoms with Gasteiger partial charge in [0.25, 0.3) is 0 Å². The lowest BCUT2D eigenvalue weighted by atomic mass is 10.1. The van der Waals surface area contributed by atoms with E-state index in [9.17, 15) is 0 Å². The summed E-state index contributed by atoms with van der Waals surface area (Å²) in [5, 5.41) is 6.55. The zero-order chi connectivity index (χ0) is 16.1. The van der Waals surface area contributed by atoms with Gasteiger partial charge in [0, 0.05) is 12.2 Å². The van der Waals surface area contributed by atoms with Crippen LogP contribution >= 0.6 is 0 Å². The van der Waals surface area contributed by atoms with Gasteiger partial charge in [0.2, 0.25) is 0 Å². The van der Waals surface area contributed by atoms with Crippen molar-refractivity contribution in [3.8, 4) is 0 Å². The van der Waals surface area contributed by atoms with Crippen molar-refractivity contribution in [1.82, 2.24) is 9.97 Å². The lowest BCUT2D eigenvalue weighted by Gasteiger charge is -2.14. The van der Waals surface area contributed by atoms with E-state index in [2.05, 4.69) is 66.5 Å². The van der Waals surface area contributed by atoms with Crippen LogP contribution in [0.2, 0.25) is 0 Å². The van der Waals surface area contributed by atoms with Gasteiger partial charge in [0.15, 0.2) is 11.6 Å². The third-order valence-corrected chi connectivity index (χ3v) is 3.38. The molecule has 2 aromatic rings. The van der Waals surface area contributed by atoms with E-state index in [1.807, 2.05) is 0 Å². The maximum absolute atomic E-state index is 6.17. The normalized spacial score (nSPS) is 10.8. The van der Waals surface area contributed by atoms with Crippen molar-refractivity contribution in [2.45, 2.75) is 34.1 Å². The molecule has 0 aliphatic rings. The van der Waals surface area contributed by atoms with Crippen molar-refractivity contribution >= 4 is 23.0 Å². The van der Waals surface area contributed by atoms with Gasteiger partial charge in [-0.25, -0.2) is 9.97 Å². The number of rotatable bonds is 6. The summed E-state index contributed by atoms with van der Waals surface area (Å²) >= 11 is 0. The number of nitrogens with two attached hydrogens (primary N) is 1. The summed E-state index contributed by atoms with van der Waals surface area (Å²) in [7, 11) is 0. The quantitative estimate of drug-likeness (QED) is 0.754. The Balaban J connectivity index is 2.14. The Kier molecular flexibility index (Phi) is 5.20. The Hall–Kier alpha value is -2.30. The number of aromatic nitrogens is 2. The summed E-state index contributed by atoms with van der Waals surface area (Å²) in [6.07, 6.45) is 2.60. The molecule has 22 heavy (non-hydrogen) atoms. The standard InChI is InChI=1S/C17H25N5/c1-11(2)5-6-19-16-15(18)17(21-10-20-16)22-14-8-12(3)7-13(4)9-14/h7-11H,5-6,18H2,1-4H3,(H2,19,20,21,22). The molecule has 1 aromatic carbocycles. The number of nitrogens with zero attached hydrogens (tertiary/aromatic N) is 2. The van der Waals surface area contributed by atoms with Crippen LogP contribution in [0.3, 0.4) is 0 Å². The highest BCUT2D eigenvalue weighted by Gasteiger charge is 2.08. The van der Waals surface area contributed by atoms with E-state index in [0.717, 1.165) is 18.7 Å².